The summed E-state index contributed by atoms with van der Waals surface area (Å²) in [6.45, 7) is 4.12. The highest BCUT2D eigenvalue weighted by Crippen LogP contribution is 2.16. The summed E-state index contributed by atoms with van der Waals surface area (Å²) >= 11 is 0. The van der Waals surface area contributed by atoms with Gasteiger partial charge in [-0.1, -0.05) is 187 Å². The molecular formula is C38H74O5. The molecule has 0 heterocycles. The minimum absolute atomic E-state index is 0.0581. The lowest BCUT2D eigenvalue weighted by Gasteiger charge is -2.15. The molecule has 0 radical (unpaired) electrons. The van der Waals surface area contributed by atoms with Gasteiger partial charge in [0.05, 0.1) is 6.61 Å². The molecule has 0 saturated carbocycles. The average Bonchev–Trinajstić information content (AvgIpc) is 3.01. The highest BCUT2D eigenvalue weighted by Gasteiger charge is 2.16. The molecule has 1 N–H and O–H groups in total. The van der Waals surface area contributed by atoms with E-state index in [-0.39, 0.29) is 25.2 Å². The summed E-state index contributed by atoms with van der Waals surface area (Å²) in [7, 11) is 0. The number of esters is 2. The molecule has 0 rings (SSSR count). The molecule has 0 aromatic carbocycles. The number of hydrogen-bond acceptors (Lipinski definition) is 5. The van der Waals surface area contributed by atoms with Gasteiger partial charge in [0.15, 0.2) is 6.10 Å². The Morgan fingerprint density at radius 3 is 1.02 bits per heavy atom. The van der Waals surface area contributed by atoms with Crippen LogP contribution in [0.15, 0.2) is 0 Å². The van der Waals surface area contributed by atoms with Crippen molar-refractivity contribution in [3.05, 3.63) is 0 Å². The van der Waals surface area contributed by atoms with Crippen LogP contribution in [0, 0.1) is 0 Å². The average molecular weight is 611 g/mol. The van der Waals surface area contributed by atoms with Gasteiger partial charge in [0, 0.05) is 12.8 Å². The third kappa shape index (κ3) is 33.6. The molecule has 0 amide bonds. The third-order valence-corrected chi connectivity index (χ3v) is 8.65. The minimum Gasteiger partial charge on any atom is -0.462 e. The topological polar surface area (TPSA) is 72.8 Å². The van der Waals surface area contributed by atoms with Gasteiger partial charge in [0.2, 0.25) is 0 Å². The van der Waals surface area contributed by atoms with Crippen LogP contribution in [-0.4, -0.2) is 36.4 Å². The van der Waals surface area contributed by atoms with Crippen LogP contribution in [-0.2, 0) is 19.1 Å². The second kappa shape index (κ2) is 35.4. The number of aliphatic hydroxyl groups is 1. The van der Waals surface area contributed by atoms with Crippen LogP contribution >= 0.6 is 0 Å². The number of ether oxygens (including phenoxy) is 2. The lowest BCUT2D eigenvalue weighted by Crippen LogP contribution is -2.28. The molecule has 0 saturated heterocycles. The Bertz CT molecular complexity index is 579. The van der Waals surface area contributed by atoms with E-state index < -0.39 is 6.10 Å². The lowest BCUT2D eigenvalue weighted by atomic mass is 10.0. The fourth-order valence-corrected chi connectivity index (χ4v) is 5.73. The van der Waals surface area contributed by atoms with Gasteiger partial charge in [-0.05, 0) is 12.8 Å². The molecule has 1 atom stereocenters. The van der Waals surface area contributed by atoms with Crippen molar-refractivity contribution >= 4 is 11.9 Å². The van der Waals surface area contributed by atoms with Crippen LogP contribution in [0.5, 0.6) is 0 Å². The zero-order valence-electron chi connectivity index (χ0n) is 29.0. The van der Waals surface area contributed by atoms with Crippen molar-refractivity contribution in [1.29, 1.82) is 0 Å². The smallest absolute Gasteiger partial charge is 0.306 e. The van der Waals surface area contributed by atoms with Gasteiger partial charge in [0.1, 0.15) is 6.61 Å². The van der Waals surface area contributed by atoms with Gasteiger partial charge in [0.25, 0.3) is 0 Å². The quantitative estimate of drug-likeness (QED) is 0.0571. The predicted octanol–water partition coefficient (Wildman–Crippen LogP) is 11.6. The first-order valence-corrected chi connectivity index (χ1v) is 19.1. The summed E-state index contributed by atoms with van der Waals surface area (Å²) in [4.78, 5) is 24.1. The zero-order chi connectivity index (χ0) is 31.5. The molecule has 0 bridgehead atoms. The zero-order valence-corrected chi connectivity index (χ0v) is 29.0. The Kier molecular flexibility index (Phi) is 34.5. The Hall–Kier alpha value is -1.10. The molecule has 0 aliphatic heterocycles. The molecule has 0 aliphatic rings. The number of aliphatic hydroxyl groups excluding tert-OH is 1. The van der Waals surface area contributed by atoms with Crippen LogP contribution in [0.3, 0.4) is 0 Å². The second-order valence-corrected chi connectivity index (χ2v) is 13.0. The molecule has 256 valence electrons. The maximum absolute atomic E-state index is 12.1. The highest BCUT2D eigenvalue weighted by molar-refractivity contribution is 5.70. The van der Waals surface area contributed by atoms with Crippen molar-refractivity contribution in [2.45, 2.75) is 219 Å². The lowest BCUT2D eigenvalue weighted by molar-refractivity contribution is -0.161. The normalized spacial score (nSPS) is 12.0. The van der Waals surface area contributed by atoms with Crippen LogP contribution in [0.2, 0.25) is 0 Å². The van der Waals surface area contributed by atoms with Crippen molar-refractivity contribution in [1.82, 2.24) is 0 Å². The molecule has 5 heteroatoms. The largest absolute Gasteiger partial charge is 0.462 e. The van der Waals surface area contributed by atoms with E-state index >= 15 is 0 Å². The predicted molar refractivity (Wildman–Crippen MR) is 182 cm³/mol. The monoisotopic (exact) mass is 611 g/mol. The van der Waals surface area contributed by atoms with Gasteiger partial charge in [-0.2, -0.15) is 0 Å². The van der Waals surface area contributed by atoms with E-state index in [4.69, 9.17) is 9.47 Å². The molecule has 5 nitrogen and oxygen atoms in total. The molecule has 43 heavy (non-hydrogen) atoms. The van der Waals surface area contributed by atoms with E-state index in [1.165, 1.54) is 148 Å². The number of hydrogen-bond donors (Lipinski definition) is 1. The Balaban J connectivity index is 3.43. The van der Waals surface area contributed by atoms with E-state index in [1.54, 1.807) is 0 Å². The minimum atomic E-state index is -0.759. The first-order valence-electron chi connectivity index (χ1n) is 19.1. The molecule has 0 aromatic rings. The van der Waals surface area contributed by atoms with Gasteiger partial charge in [-0.25, -0.2) is 0 Å². The van der Waals surface area contributed by atoms with Gasteiger partial charge in [-0.15, -0.1) is 0 Å². The number of rotatable bonds is 35. The standard InChI is InChI=1S/C38H74O5/c1-3-5-7-9-11-13-14-15-16-17-18-19-20-21-22-23-24-25-27-29-31-33-38(41)43-36(34-39)35-42-37(40)32-30-28-26-12-10-8-6-4-2/h36,39H,3-35H2,1-2H3. The molecule has 0 fully saturated rings. The first kappa shape index (κ1) is 41.9. The molecule has 0 aromatic heterocycles. The van der Waals surface area contributed by atoms with Gasteiger partial charge >= 0.3 is 11.9 Å². The SMILES string of the molecule is CCCCCCCCCCCCCCCCCCCCCCCC(=O)OC(CO)COC(=O)CCCCCCCCCC. The second-order valence-electron chi connectivity index (χ2n) is 13.0. The Morgan fingerprint density at radius 1 is 0.442 bits per heavy atom. The van der Waals surface area contributed by atoms with Crippen LogP contribution < -0.4 is 0 Å². The maximum atomic E-state index is 12.1. The van der Waals surface area contributed by atoms with E-state index in [9.17, 15) is 14.7 Å². The number of carbonyl (C=O) groups is 2. The fraction of sp³-hybridized carbons (Fsp3) is 0.947. The van der Waals surface area contributed by atoms with Crippen LogP contribution in [0.1, 0.15) is 213 Å². The van der Waals surface area contributed by atoms with E-state index in [1.807, 2.05) is 0 Å². The number of carbonyl (C=O) groups excluding carboxylic acids is 2. The van der Waals surface area contributed by atoms with Crippen molar-refractivity contribution in [3.63, 3.8) is 0 Å². The van der Waals surface area contributed by atoms with E-state index in [0.29, 0.717) is 12.8 Å². The number of unbranched alkanes of at least 4 members (excludes halogenated alkanes) is 27. The fourth-order valence-electron chi connectivity index (χ4n) is 5.73. The summed E-state index contributed by atoms with van der Waals surface area (Å²) in [6, 6.07) is 0. The summed E-state index contributed by atoms with van der Waals surface area (Å²) in [5.74, 6) is -0.583. The van der Waals surface area contributed by atoms with Crippen molar-refractivity contribution in [2.24, 2.45) is 0 Å². The van der Waals surface area contributed by atoms with E-state index in [0.717, 1.165) is 38.5 Å². The summed E-state index contributed by atoms with van der Waals surface area (Å²) in [6.07, 6.45) is 37.5. The van der Waals surface area contributed by atoms with Crippen molar-refractivity contribution < 1.29 is 24.2 Å². The maximum Gasteiger partial charge on any atom is 0.306 e. The molecular weight excluding hydrogens is 536 g/mol. The molecule has 0 spiro atoms. The van der Waals surface area contributed by atoms with Crippen molar-refractivity contribution in [3.8, 4) is 0 Å². The van der Waals surface area contributed by atoms with Gasteiger partial charge < -0.3 is 14.6 Å². The summed E-state index contributed by atoms with van der Waals surface area (Å²) in [5, 5.41) is 9.50. The Morgan fingerprint density at radius 2 is 0.721 bits per heavy atom. The third-order valence-electron chi connectivity index (χ3n) is 8.65. The summed E-state index contributed by atoms with van der Waals surface area (Å²) < 4.78 is 10.5. The molecule has 1 unspecified atom stereocenters. The van der Waals surface area contributed by atoms with Crippen molar-refractivity contribution in [2.75, 3.05) is 13.2 Å². The van der Waals surface area contributed by atoms with Crippen LogP contribution in [0.25, 0.3) is 0 Å². The van der Waals surface area contributed by atoms with Gasteiger partial charge in [-0.3, -0.25) is 9.59 Å². The summed E-state index contributed by atoms with van der Waals surface area (Å²) in [5.41, 5.74) is 0. The van der Waals surface area contributed by atoms with Crippen LogP contribution in [0.4, 0.5) is 0 Å². The highest BCUT2D eigenvalue weighted by atomic mass is 16.6. The molecule has 0 aliphatic carbocycles. The van der Waals surface area contributed by atoms with E-state index in [2.05, 4.69) is 13.8 Å². The first-order chi connectivity index (χ1) is 21.1. The Labute approximate surface area is 268 Å².